The Bertz CT molecular complexity index is 331. The Kier molecular flexibility index (Phi) is 2.90. The average molecular weight is 197 g/mol. The van der Waals surface area contributed by atoms with Gasteiger partial charge in [-0.05, 0) is 13.8 Å². The van der Waals surface area contributed by atoms with Gasteiger partial charge in [0.05, 0.1) is 18.2 Å². The molecule has 1 unspecified atom stereocenters. The third-order valence-electron chi connectivity index (χ3n) is 2.14. The summed E-state index contributed by atoms with van der Waals surface area (Å²) in [6, 6.07) is 0. The van der Waals surface area contributed by atoms with Gasteiger partial charge in [0.15, 0.2) is 0 Å². The number of rotatable bonds is 4. The van der Waals surface area contributed by atoms with E-state index in [1.165, 1.54) is 0 Å². The highest BCUT2D eigenvalue weighted by atomic mass is 16.4. The van der Waals surface area contributed by atoms with Crippen molar-refractivity contribution in [3.8, 4) is 0 Å². The second-order valence-electron chi connectivity index (χ2n) is 3.57. The van der Waals surface area contributed by atoms with Crippen molar-refractivity contribution in [3.05, 3.63) is 18.0 Å². The Morgan fingerprint density at radius 1 is 1.79 bits per heavy atom. The first-order chi connectivity index (χ1) is 6.45. The van der Waals surface area contributed by atoms with Crippen molar-refractivity contribution in [2.24, 2.45) is 5.73 Å². The van der Waals surface area contributed by atoms with Crippen LogP contribution in [0, 0.1) is 0 Å². The van der Waals surface area contributed by atoms with Crippen LogP contribution in [0.2, 0.25) is 0 Å². The molecule has 1 aromatic heterocycles. The van der Waals surface area contributed by atoms with E-state index in [0.717, 1.165) is 12.1 Å². The summed E-state index contributed by atoms with van der Waals surface area (Å²) < 4.78 is 1.72. The summed E-state index contributed by atoms with van der Waals surface area (Å²) in [5.74, 6) is -0.903. The normalized spacial score (nSPS) is 15.1. The SMILES string of the molecule is CCn1cc(C(C)(N)CC(=O)O)cn1. The first-order valence-corrected chi connectivity index (χ1v) is 4.49. The van der Waals surface area contributed by atoms with E-state index in [9.17, 15) is 4.79 Å². The molecule has 5 nitrogen and oxygen atoms in total. The van der Waals surface area contributed by atoms with Crippen molar-refractivity contribution in [3.63, 3.8) is 0 Å². The van der Waals surface area contributed by atoms with Crippen LogP contribution in [0.5, 0.6) is 0 Å². The van der Waals surface area contributed by atoms with Gasteiger partial charge >= 0.3 is 5.97 Å². The maximum Gasteiger partial charge on any atom is 0.305 e. The minimum absolute atomic E-state index is 0.0948. The number of aryl methyl sites for hydroxylation is 1. The topological polar surface area (TPSA) is 81.1 Å². The zero-order chi connectivity index (χ0) is 10.8. The molecule has 0 bridgehead atoms. The maximum absolute atomic E-state index is 10.6. The lowest BCUT2D eigenvalue weighted by Gasteiger charge is -2.20. The van der Waals surface area contributed by atoms with Crippen molar-refractivity contribution >= 4 is 5.97 Å². The van der Waals surface area contributed by atoms with Gasteiger partial charge in [-0.3, -0.25) is 9.48 Å². The summed E-state index contributed by atoms with van der Waals surface area (Å²) in [6.45, 7) is 4.41. The van der Waals surface area contributed by atoms with Crippen LogP contribution in [0.3, 0.4) is 0 Å². The van der Waals surface area contributed by atoms with Gasteiger partial charge in [0, 0.05) is 18.3 Å². The summed E-state index contributed by atoms with van der Waals surface area (Å²) in [4.78, 5) is 10.6. The Balaban J connectivity index is 2.85. The maximum atomic E-state index is 10.6. The number of hydrogen-bond donors (Lipinski definition) is 2. The van der Waals surface area contributed by atoms with Gasteiger partial charge in [-0.1, -0.05) is 0 Å². The fraction of sp³-hybridized carbons (Fsp3) is 0.556. The number of carboxylic acid groups (broad SMARTS) is 1. The van der Waals surface area contributed by atoms with Crippen molar-refractivity contribution in [2.45, 2.75) is 32.4 Å². The molecule has 0 radical (unpaired) electrons. The van der Waals surface area contributed by atoms with E-state index in [1.54, 1.807) is 24.0 Å². The first-order valence-electron chi connectivity index (χ1n) is 4.49. The smallest absolute Gasteiger partial charge is 0.305 e. The summed E-state index contributed by atoms with van der Waals surface area (Å²) >= 11 is 0. The van der Waals surface area contributed by atoms with Crippen LogP contribution in [0.15, 0.2) is 12.4 Å². The van der Waals surface area contributed by atoms with E-state index in [4.69, 9.17) is 10.8 Å². The van der Waals surface area contributed by atoms with Gasteiger partial charge in [0.2, 0.25) is 0 Å². The van der Waals surface area contributed by atoms with Gasteiger partial charge in [0.25, 0.3) is 0 Å². The fourth-order valence-corrected chi connectivity index (χ4v) is 1.25. The van der Waals surface area contributed by atoms with Gasteiger partial charge < -0.3 is 10.8 Å². The number of aromatic nitrogens is 2. The van der Waals surface area contributed by atoms with Crippen molar-refractivity contribution in [2.75, 3.05) is 0 Å². The molecule has 0 fully saturated rings. The lowest BCUT2D eigenvalue weighted by atomic mass is 9.93. The van der Waals surface area contributed by atoms with Gasteiger partial charge in [-0.25, -0.2) is 0 Å². The zero-order valence-corrected chi connectivity index (χ0v) is 8.40. The van der Waals surface area contributed by atoms with E-state index in [1.807, 2.05) is 6.92 Å². The molecule has 14 heavy (non-hydrogen) atoms. The molecule has 1 aromatic rings. The third-order valence-corrected chi connectivity index (χ3v) is 2.14. The molecule has 5 heteroatoms. The summed E-state index contributed by atoms with van der Waals surface area (Å²) in [5, 5.41) is 12.7. The highest BCUT2D eigenvalue weighted by molar-refractivity contribution is 5.68. The molecule has 1 heterocycles. The van der Waals surface area contributed by atoms with E-state index in [0.29, 0.717) is 0 Å². The standard InChI is InChI=1S/C9H15N3O2/c1-3-12-6-7(5-11-12)9(2,10)4-8(13)14/h5-6H,3-4,10H2,1-2H3,(H,13,14). The summed E-state index contributed by atoms with van der Waals surface area (Å²) in [6.07, 6.45) is 3.30. The molecule has 1 atom stereocenters. The second kappa shape index (κ2) is 3.79. The second-order valence-corrected chi connectivity index (χ2v) is 3.57. The van der Waals surface area contributed by atoms with Gasteiger partial charge in [-0.15, -0.1) is 0 Å². The predicted molar refractivity (Wildman–Crippen MR) is 51.7 cm³/mol. The molecular formula is C9H15N3O2. The van der Waals surface area contributed by atoms with E-state index in [-0.39, 0.29) is 6.42 Å². The first kappa shape index (κ1) is 10.7. The monoisotopic (exact) mass is 197 g/mol. The van der Waals surface area contributed by atoms with Crippen LogP contribution in [0.1, 0.15) is 25.8 Å². The number of nitrogens with two attached hydrogens (primary N) is 1. The molecule has 0 saturated carbocycles. The number of carboxylic acids is 1. The van der Waals surface area contributed by atoms with Crippen LogP contribution in [0.25, 0.3) is 0 Å². The lowest BCUT2D eigenvalue weighted by molar-refractivity contribution is -0.138. The Morgan fingerprint density at radius 3 is 2.86 bits per heavy atom. The number of nitrogens with zero attached hydrogens (tertiary/aromatic N) is 2. The Labute approximate surface area is 82.5 Å². The number of aliphatic carboxylic acids is 1. The molecule has 0 amide bonds. The van der Waals surface area contributed by atoms with Crippen molar-refractivity contribution in [1.29, 1.82) is 0 Å². The average Bonchev–Trinajstić information content (AvgIpc) is 2.49. The lowest BCUT2D eigenvalue weighted by Crippen LogP contribution is -2.35. The summed E-state index contributed by atoms with van der Waals surface area (Å²) in [5.41, 5.74) is 5.78. The van der Waals surface area contributed by atoms with E-state index < -0.39 is 11.5 Å². The quantitative estimate of drug-likeness (QED) is 0.738. The molecule has 0 aliphatic heterocycles. The molecule has 78 valence electrons. The molecule has 0 aliphatic carbocycles. The minimum Gasteiger partial charge on any atom is -0.481 e. The predicted octanol–water partition coefficient (Wildman–Crippen LogP) is 0.552. The fourth-order valence-electron chi connectivity index (χ4n) is 1.25. The van der Waals surface area contributed by atoms with Crippen LogP contribution in [-0.2, 0) is 16.9 Å². The molecule has 3 N–H and O–H groups in total. The molecule has 0 aliphatic rings. The summed E-state index contributed by atoms with van der Waals surface area (Å²) in [7, 11) is 0. The Morgan fingerprint density at radius 2 is 2.43 bits per heavy atom. The zero-order valence-electron chi connectivity index (χ0n) is 8.40. The van der Waals surface area contributed by atoms with Gasteiger partial charge in [0.1, 0.15) is 0 Å². The molecule has 0 spiro atoms. The molecule has 1 rings (SSSR count). The third kappa shape index (κ3) is 2.32. The van der Waals surface area contributed by atoms with Crippen LogP contribution in [-0.4, -0.2) is 20.9 Å². The Hall–Kier alpha value is -1.36. The highest BCUT2D eigenvalue weighted by Gasteiger charge is 2.25. The minimum atomic E-state index is -0.903. The van der Waals surface area contributed by atoms with Crippen LogP contribution >= 0.6 is 0 Å². The molecule has 0 aromatic carbocycles. The van der Waals surface area contributed by atoms with Crippen molar-refractivity contribution in [1.82, 2.24) is 9.78 Å². The molecular weight excluding hydrogens is 182 g/mol. The van der Waals surface area contributed by atoms with E-state index >= 15 is 0 Å². The van der Waals surface area contributed by atoms with Crippen LogP contribution in [0.4, 0.5) is 0 Å². The largest absolute Gasteiger partial charge is 0.481 e. The highest BCUT2D eigenvalue weighted by Crippen LogP contribution is 2.20. The number of hydrogen-bond acceptors (Lipinski definition) is 3. The van der Waals surface area contributed by atoms with Crippen LogP contribution < -0.4 is 5.73 Å². The van der Waals surface area contributed by atoms with Gasteiger partial charge in [-0.2, -0.15) is 5.10 Å². The molecule has 0 saturated heterocycles. The van der Waals surface area contributed by atoms with Crippen molar-refractivity contribution < 1.29 is 9.90 Å². The number of carbonyl (C=O) groups is 1. The van der Waals surface area contributed by atoms with E-state index in [2.05, 4.69) is 5.10 Å².